The summed E-state index contributed by atoms with van der Waals surface area (Å²) in [6.07, 6.45) is 12.1. The lowest BCUT2D eigenvalue weighted by Crippen LogP contribution is -2.29. The van der Waals surface area contributed by atoms with Crippen molar-refractivity contribution < 1.29 is 0 Å². The maximum Gasteiger partial charge on any atom is 0.226 e. The normalized spacial score (nSPS) is 13.8. The molecule has 34 heavy (non-hydrogen) atoms. The first-order valence-corrected chi connectivity index (χ1v) is 12.1. The maximum absolute atomic E-state index is 4.70. The monoisotopic (exact) mass is 457 g/mol. The van der Waals surface area contributed by atoms with Crippen molar-refractivity contribution in [2.24, 2.45) is 0 Å². The minimum Gasteiger partial charge on any atom is -0.372 e. The van der Waals surface area contributed by atoms with Gasteiger partial charge in [-0.05, 0) is 67.9 Å². The van der Waals surface area contributed by atoms with E-state index in [1.54, 1.807) is 12.4 Å². The van der Waals surface area contributed by atoms with Gasteiger partial charge in [-0.2, -0.15) is 25.3 Å². The highest BCUT2D eigenvalue weighted by Gasteiger charge is 2.11. The van der Waals surface area contributed by atoms with Gasteiger partial charge in [0.25, 0.3) is 0 Å². The number of piperidine rings is 1. The Bertz CT molecular complexity index is 1170. The van der Waals surface area contributed by atoms with Crippen molar-refractivity contribution >= 4 is 28.5 Å². The molecule has 1 aromatic carbocycles. The molecule has 0 radical (unpaired) electrons. The first-order chi connectivity index (χ1) is 16.8. The quantitative estimate of drug-likeness (QED) is 0.308. The van der Waals surface area contributed by atoms with Crippen LogP contribution in [0, 0.1) is 0 Å². The van der Waals surface area contributed by atoms with Gasteiger partial charge in [-0.15, -0.1) is 0 Å². The average molecular weight is 458 g/mol. The van der Waals surface area contributed by atoms with Crippen molar-refractivity contribution in [3.05, 3.63) is 60.0 Å². The van der Waals surface area contributed by atoms with E-state index in [1.807, 2.05) is 12.3 Å². The molecular formula is C25H31N9. The van der Waals surface area contributed by atoms with Crippen LogP contribution in [0.1, 0.15) is 36.8 Å². The Hall–Kier alpha value is -3.75. The van der Waals surface area contributed by atoms with Gasteiger partial charge >= 0.3 is 0 Å². The Morgan fingerprint density at radius 1 is 0.824 bits per heavy atom. The van der Waals surface area contributed by atoms with Crippen LogP contribution in [0.4, 0.5) is 17.5 Å². The van der Waals surface area contributed by atoms with Crippen LogP contribution in [0.25, 0.3) is 11.0 Å². The van der Waals surface area contributed by atoms with Gasteiger partial charge in [-0.1, -0.05) is 12.1 Å². The Morgan fingerprint density at radius 3 is 2.53 bits per heavy atom. The number of nitrogens with one attached hydrogen (secondary N) is 3. The second-order valence-corrected chi connectivity index (χ2v) is 8.70. The third-order valence-corrected chi connectivity index (χ3v) is 6.24. The molecule has 1 aliphatic rings. The molecule has 9 nitrogen and oxygen atoms in total. The van der Waals surface area contributed by atoms with E-state index >= 15 is 0 Å². The Labute approximate surface area is 199 Å². The zero-order valence-electron chi connectivity index (χ0n) is 19.4. The van der Waals surface area contributed by atoms with Crippen LogP contribution < -0.4 is 15.5 Å². The fourth-order valence-electron chi connectivity index (χ4n) is 4.36. The Morgan fingerprint density at radius 2 is 1.71 bits per heavy atom. The Kier molecular flexibility index (Phi) is 7.08. The molecule has 1 aliphatic heterocycles. The van der Waals surface area contributed by atoms with Crippen LogP contribution in [0.3, 0.4) is 0 Å². The molecule has 0 atom stereocenters. The number of hydrogen-bond acceptors (Lipinski definition) is 8. The van der Waals surface area contributed by atoms with E-state index in [9.17, 15) is 0 Å². The third-order valence-electron chi connectivity index (χ3n) is 6.24. The number of nitrogens with zero attached hydrogens (tertiary/aromatic N) is 6. The van der Waals surface area contributed by atoms with E-state index in [0.717, 1.165) is 49.2 Å². The molecule has 176 valence electrons. The maximum atomic E-state index is 4.70. The fourth-order valence-corrected chi connectivity index (χ4v) is 4.36. The molecular weight excluding hydrogens is 426 g/mol. The molecule has 0 saturated carbocycles. The van der Waals surface area contributed by atoms with E-state index in [-0.39, 0.29) is 0 Å². The zero-order chi connectivity index (χ0) is 23.0. The molecule has 0 amide bonds. The molecule has 1 saturated heterocycles. The van der Waals surface area contributed by atoms with E-state index in [0.29, 0.717) is 5.95 Å². The van der Waals surface area contributed by atoms with Crippen LogP contribution in [0.15, 0.2) is 48.9 Å². The van der Waals surface area contributed by atoms with Crippen LogP contribution in [0.5, 0.6) is 0 Å². The highest BCUT2D eigenvalue weighted by atomic mass is 15.2. The van der Waals surface area contributed by atoms with Crippen molar-refractivity contribution in [1.29, 1.82) is 0 Å². The van der Waals surface area contributed by atoms with Crippen LogP contribution in [0.2, 0.25) is 0 Å². The largest absolute Gasteiger partial charge is 0.372 e. The van der Waals surface area contributed by atoms with Gasteiger partial charge in [0.05, 0.1) is 17.8 Å². The number of benzene rings is 1. The Balaban J connectivity index is 1.15. The summed E-state index contributed by atoms with van der Waals surface area (Å²) in [7, 11) is 0. The molecule has 4 heterocycles. The third kappa shape index (κ3) is 5.59. The SMILES string of the molecule is c1cc(CCCNc2nc(NCCc3ccc(N4CCCCC4)cc3)nc3[nH]ncc23)cnn1. The number of aromatic amines is 1. The van der Waals surface area contributed by atoms with Gasteiger partial charge in [-0.3, -0.25) is 5.10 Å². The van der Waals surface area contributed by atoms with Crippen molar-refractivity contribution in [3.63, 3.8) is 0 Å². The second kappa shape index (κ2) is 10.9. The molecule has 3 N–H and O–H groups in total. The summed E-state index contributed by atoms with van der Waals surface area (Å²) in [6.45, 7) is 3.90. The van der Waals surface area contributed by atoms with E-state index in [4.69, 9.17) is 4.98 Å². The summed E-state index contributed by atoms with van der Waals surface area (Å²) in [5.41, 5.74) is 4.55. The van der Waals surface area contributed by atoms with Gasteiger partial charge in [0, 0.05) is 38.1 Å². The highest BCUT2D eigenvalue weighted by Crippen LogP contribution is 2.22. The standard InChI is InChI=1S/C25H31N9/c1-2-15-34(16-3-1)21-8-6-19(7-9-21)10-13-27-25-31-23(22-18-30-33-24(22)32-25)26-12-4-5-20-11-14-28-29-17-20/h6-9,11,14,17-18H,1-5,10,12-13,15-16H2,(H3,26,27,30,31,32,33). The van der Waals surface area contributed by atoms with Gasteiger partial charge in [-0.25, -0.2) is 0 Å². The first-order valence-electron chi connectivity index (χ1n) is 12.1. The fraction of sp³-hybridized carbons (Fsp3) is 0.400. The van der Waals surface area contributed by atoms with Gasteiger partial charge in [0.2, 0.25) is 5.95 Å². The van der Waals surface area contributed by atoms with Crippen molar-refractivity contribution in [1.82, 2.24) is 30.4 Å². The van der Waals surface area contributed by atoms with Crippen LogP contribution in [-0.2, 0) is 12.8 Å². The number of hydrogen-bond donors (Lipinski definition) is 3. The summed E-state index contributed by atoms with van der Waals surface area (Å²) >= 11 is 0. The number of aryl methyl sites for hydroxylation is 1. The summed E-state index contributed by atoms with van der Waals surface area (Å²) in [6, 6.07) is 11.0. The van der Waals surface area contributed by atoms with E-state index in [2.05, 4.69) is 65.2 Å². The smallest absolute Gasteiger partial charge is 0.226 e. The average Bonchev–Trinajstić information content (AvgIpc) is 3.37. The van der Waals surface area contributed by atoms with Crippen molar-refractivity contribution in [2.75, 3.05) is 41.7 Å². The predicted octanol–water partition coefficient (Wildman–Crippen LogP) is 3.83. The summed E-state index contributed by atoms with van der Waals surface area (Å²) in [4.78, 5) is 11.8. The molecule has 0 aliphatic carbocycles. The number of rotatable bonds is 10. The molecule has 1 fully saturated rings. The van der Waals surface area contributed by atoms with Gasteiger partial charge in [0.1, 0.15) is 5.82 Å². The molecule has 9 heteroatoms. The molecule has 0 bridgehead atoms. The second-order valence-electron chi connectivity index (χ2n) is 8.70. The number of aromatic nitrogens is 6. The summed E-state index contributed by atoms with van der Waals surface area (Å²) < 4.78 is 0. The topological polar surface area (TPSA) is 108 Å². The molecule has 0 unspecified atom stereocenters. The van der Waals surface area contributed by atoms with Gasteiger partial charge in [0.15, 0.2) is 5.65 Å². The molecule has 3 aromatic heterocycles. The lowest BCUT2D eigenvalue weighted by Gasteiger charge is -2.28. The number of fused-ring (bicyclic) bond motifs is 1. The molecule has 5 rings (SSSR count). The predicted molar refractivity (Wildman–Crippen MR) is 135 cm³/mol. The number of anilines is 3. The summed E-state index contributed by atoms with van der Waals surface area (Å²) in [5.74, 6) is 1.39. The lowest BCUT2D eigenvalue weighted by atomic mass is 10.1. The van der Waals surface area contributed by atoms with E-state index in [1.165, 1.54) is 49.2 Å². The van der Waals surface area contributed by atoms with Crippen LogP contribution >= 0.6 is 0 Å². The lowest BCUT2D eigenvalue weighted by molar-refractivity contribution is 0.578. The number of H-pyrrole nitrogens is 1. The van der Waals surface area contributed by atoms with Crippen molar-refractivity contribution in [2.45, 2.75) is 38.5 Å². The molecule has 4 aromatic rings. The van der Waals surface area contributed by atoms with Crippen LogP contribution in [-0.4, -0.2) is 56.5 Å². The zero-order valence-corrected chi connectivity index (χ0v) is 19.4. The minimum atomic E-state index is 0.600. The molecule has 0 spiro atoms. The van der Waals surface area contributed by atoms with Crippen molar-refractivity contribution in [3.8, 4) is 0 Å². The first kappa shape index (κ1) is 22.1. The van der Waals surface area contributed by atoms with E-state index < -0.39 is 0 Å². The highest BCUT2D eigenvalue weighted by molar-refractivity contribution is 5.86. The minimum absolute atomic E-state index is 0.600. The summed E-state index contributed by atoms with van der Waals surface area (Å²) in [5, 5.41) is 22.6. The van der Waals surface area contributed by atoms with Gasteiger partial charge < -0.3 is 15.5 Å².